The molecule has 5 aliphatic rings. The molecule has 5 N–H and O–H groups in total. The maximum Gasteiger partial charge on any atom is 0.198 e. The summed E-state index contributed by atoms with van der Waals surface area (Å²) < 4.78 is 6.18. The van der Waals surface area contributed by atoms with Crippen molar-refractivity contribution in [3.63, 3.8) is 0 Å². The Labute approximate surface area is 206 Å². The number of aliphatic hydroxyl groups excluding tert-OH is 2. The van der Waals surface area contributed by atoms with Crippen LogP contribution >= 0.6 is 0 Å². The number of aromatic hydroxyl groups is 1. The van der Waals surface area contributed by atoms with Crippen LogP contribution in [0.15, 0.2) is 30.4 Å². The molecule has 178 valence electrons. The lowest BCUT2D eigenvalue weighted by atomic mass is 9.69. The normalized spacial score (nSPS) is 31.5. The topological polar surface area (TPSA) is 131 Å². The van der Waals surface area contributed by atoms with Crippen LogP contribution in [0.25, 0.3) is 0 Å². The van der Waals surface area contributed by atoms with Gasteiger partial charge in [0.1, 0.15) is 11.8 Å². The van der Waals surface area contributed by atoms with Crippen molar-refractivity contribution in [1.29, 1.82) is 0 Å². The SMILES string of the molecule is C[C@@H](O)[C@@]12O[C@]13c1cc(O)c4c(c1N[C@H]2C#C/C=C\C#C[C@H]3O)C(=O)c1cc2c(cc1C4=O)CNC2. The summed E-state index contributed by atoms with van der Waals surface area (Å²) in [6.45, 7) is 2.73. The molecule has 8 nitrogen and oxygen atoms in total. The van der Waals surface area contributed by atoms with E-state index in [0.717, 1.165) is 11.1 Å². The number of allylic oxidation sites excluding steroid dienone is 2. The summed E-state index contributed by atoms with van der Waals surface area (Å²) >= 11 is 0. The van der Waals surface area contributed by atoms with E-state index >= 15 is 0 Å². The summed E-state index contributed by atoms with van der Waals surface area (Å²) in [4.78, 5) is 27.6. The van der Waals surface area contributed by atoms with Gasteiger partial charge in [0.05, 0.1) is 22.9 Å². The Morgan fingerprint density at radius 2 is 1.67 bits per heavy atom. The zero-order valence-corrected chi connectivity index (χ0v) is 19.1. The fourth-order valence-corrected chi connectivity index (χ4v) is 6.24. The minimum absolute atomic E-state index is 0.00188. The predicted molar refractivity (Wildman–Crippen MR) is 127 cm³/mol. The molecule has 1 saturated heterocycles. The Bertz CT molecular complexity index is 1600. The molecule has 36 heavy (non-hydrogen) atoms. The van der Waals surface area contributed by atoms with Gasteiger partial charge in [-0.1, -0.05) is 23.7 Å². The smallest absolute Gasteiger partial charge is 0.198 e. The van der Waals surface area contributed by atoms with E-state index in [2.05, 4.69) is 34.3 Å². The number of ether oxygens (including phenoxy) is 1. The van der Waals surface area contributed by atoms with E-state index in [1.807, 2.05) is 0 Å². The number of anilines is 1. The van der Waals surface area contributed by atoms with E-state index in [1.54, 1.807) is 12.1 Å². The summed E-state index contributed by atoms with van der Waals surface area (Å²) in [5.74, 6) is 10.0. The summed E-state index contributed by atoms with van der Waals surface area (Å²) in [6, 6.07) is 3.94. The molecule has 2 bridgehead atoms. The van der Waals surface area contributed by atoms with Crippen LogP contribution in [0.5, 0.6) is 5.75 Å². The molecule has 2 aromatic carbocycles. The van der Waals surface area contributed by atoms with Gasteiger partial charge >= 0.3 is 0 Å². The van der Waals surface area contributed by atoms with Gasteiger partial charge in [-0.25, -0.2) is 0 Å². The van der Waals surface area contributed by atoms with Crippen molar-refractivity contribution in [2.45, 2.75) is 49.5 Å². The zero-order chi connectivity index (χ0) is 25.0. The molecule has 2 aromatic rings. The number of fused-ring (bicyclic) bond motifs is 5. The number of rotatable bonds is 1. The lowest BCUT2D eigenvalue weighted by Gasteiger charge is -2.37. The van der Waals surface area contributed by atoms with Crippen molar-refractivity contribution in [3.05, 3.63) is 69.3 Å². The summed E-state index contributed by atoms with van der Waals surface area (Å²) in [7, 11) is 0. The van der Waals surface area contributed by atoms with E-state index < -0.39 is 46.8 Å². The monoisotopic (exact) mass is 480 g/mol. The maximum absolute atomic E-state index is 13.9. The first-order chi connectivity index (χ1) is 17.3. The third-order valence-corrected chi connectivity index (χ3v) is 7.91. The average Bonchev–Trinajstić information content (AvgIpc) is 3.41. The molecule has 0 amide bonds. The van der Waals surface area contributed by atoms with Crippen molar-refractivity contribution in [1.82, 2.24) is 5.32 Å². The molecular formula is C28H20N2O6. The van der Waals surface area contributed by atoms with Crippen LogP contribution in [0.2, 0.25) is 0 Å². The van der Waals surface area contributed by atoms with E-state index in [1.165, 1.54) is 25.1 Å². The molecule has 3 aliphatic heterocycles. The first-order valence-electron chi connectivity index (χ1n) is 11.7. The van der Waals surface area contributed by atoms with Gasteiger partial charge in [0.25, 0.3) is 0 Å². The Hall–Kier alpha value is -3.92. The number of epoxide rings is 1. The fourth-order valence-electron chi connectivity index (χ4n) is 6.24. The standard InChI is InChI=1S/C28H20N2O6/c1-13(31)27-20-6-4-2-3-5-7-21(33)28(27,36-27)18-10-19(32)22-23(24(18)30-20)26(35)17-9-15-12-29-11-14(15)8-16(17)25(22)34/h2-3,8-10,13,20-21,29-33H,11-12H2,1H3/b3-2-/t13-,20+,21-,27+,28+/m1/s1. The van der Waals surface area contributed by atoms with Crippen LogP contribution in [-0.4, -0.2) is 50.7 Å². The van der Waals surface area contributed by atoms with Crippen molar-refractivity contribution in [3.8, 4) is 29.4 Å². The van der Waals surface area contributed by atoms with E-state index in [9.17, 15) is 24.9 Å². The molecule has 7 rings (SSSR count). The summed E-state index contributed by atoms with van der Waals surface area (Å²) in [5, 5.41) is 39.6. The molecular weight excluding hydrogens is 460 g/mol. The number of ketones is 2. The van der Waals surface area contributed by atoms with Gasteiger partial charge in [0, 0.05) is 29.8 Å². The van der Waals surface area contributed by atoms with Crippen LogP contribution in [0.3, 0.4) is 0 Å². The van der Waals surface area contributed by atoms with Gasteiger partial charge in [-0.3, -0.25) is 9.59 Å². The number of hydrogen-bond donors (Lipinski definition) is 5. The minimum atomic E-state index is -1.57. The minimum Gasteiger partial charge on any atom is -0.507 e. The van der Waals surface area contributed by atoms with Gasteiger partial charge in [0.2, 0.25) is 0 Å². The second-order valence-electron chi connectivity index (χ2n) is 9.69. The number of carbonyl (C=O) groups excluding carboxylic acids is 2. The third-order valence-electron chi connectivity index (χ3n) is 7.91. The lowest BCUT2D eigenvalue weighted by Crippen LogP contribution is -2.54. The highest BCUT2D eigenvalue weighted by molar-refractivity contribution is 6.31. The Morgan fingerprint density at radius 1 is 1.03 bits per heavy atom. The van der Waals surface area contributed by atoms with Crippen LogP contribution in [0.4, 0.5) is 5.69 Å². The fraction of sp³-hybridized carbons (Fsp3) is 0.286. The highest BCUT2D eigenvalue weighted by Crippen LogP contribution is 2.67. The van der Waals surface area contributed by atoms with Crippen LogP contribution in [0, 0.1) is 23.7 Å². The number of carbonyl (C=O) groups is 2. The molecule has 1 fully saturated rings. The highest BCUT2D eigenvalue weighted by atomic mass is 16.7. The number of nitrogens with one attached hydrogen (secondary N) is 2. The molecule has 8 heteroatoms. The van der Waals surface area contributed by atoms with Crippen molar-refractivity contribution in [2.75, 3.05) is 5.32 Å². The maximum atomic E-state index is 13.9. The first-order valence-corrected chi connectivity index (χ1v) is 11.7. The zero-order valence-electron chi connectivity index (χ0n) is 19.1. The second-order valence-corrected chi connectivity index (χ2v) is 9.69. The molecule has 0 aromatic heterocycles. The number of benzene rings is 2. The van der Waals surface area contributed by atoms with E-state index in [0.29, 0.717) is 13.1 Å². The van der Waals surface area contributed by atoms with Gasteiger partial charge in [0.15, 0.2) is 28.9 Å². The number of phenols is 1. The predicted octanol–water partition coefficient (Wildman–Crippen LogP) is 0.847. The second kappa shape index (κ2) is 6.85. The van der Waals surface area contributed by atoms with Crippen LogP contribution < -0.4 is 10.6 Å². The lowest BCUT2D eigenvalue weighted by molar-refractivity contribution is 0.0867. The van der Waals surface area contributed by atoms with E-state index in [-0.39, 0.29) is 33.5 Å². The van der Waals surface area contributed by atoms with Gasteiger partial charge in [-0.15, -0.1) is 0 Å². The third kappa shape index (κ3) is 2.35. The summed E-state index contributed by atoms with van der Waals surface area (Å²) in [5.41, 5.74) is -0.185. The van der Waals surface area contributed by atoms with Gasteiger partial charge in [-0.2, -0.15) is 0 Å². The molecule has 0 radical (unpaired) electrons. The van der Waals surface area contributed by atoms with Gasteiger partial charge in [-0.05, 0) is 48.4 Å². The first kappa shape index (κ1) is 21.4. The quantitative estimate of drug-likeness (QED) is 0.197. The van der Waals surface area contributed by atoms with Crippen molar-refractivity contribution in [2.24, 2.45) is 0 Å². The highest BCUT2D eigenvalue weighted by Gasteiger charge is 2.82. The van der Waals surface area contributed by atoms with Crippen molar-refractivity contribution < 1.29 is 29.6 Å². The Kier molecular flexibility index (Phi) is 4.07. The molecule has 0 saturated carbocycles. The Morgan fingerprint density at radius 3 is 2.33 bits per heavy atom. The molecule has 5 atom stereocenters. The molecule has 3 heterocycles. The van der Waals surface area contributed by atoms with Crippen LogP contribution in [0.1, 0.15) is 55.5 Å². The number of hydrogen-bond acceptors (Lipinski definition) is 8. The number of aliphatic hydroxyl groups is 2. The number of phenolic OH excluding ortho intramolecular Hbond substituents is 1. The van der Waals surface area contributed by atoms with Gasteiger partial charge < -0.3 is 30.7 Å². The van der Waals surface area contributed by atoms with Crippen LogP contribution in [-0.2, 0) is 23.4 Å². The molecule has 2 aliphatic carbocycles. The average molecular weight is 480 g/mol. The summed E-state index contributed by atoms with van der Waals surface area (Å²) in [6.07, 6.45) is 0.517. The largest absolute Gasteiger partial charge is 0.507 e. The Balaban J connectivity index is 1.52. The van der Waals surface area contributed by atoms with Crippen molar-refractivity contribution >= 4 is 17.3 Å². The molecule has 0 unspecified atom stereocenters. The molecule has 0 spiro atoms. The van der Waals surface area contributed by atoms with E-state index in [4.69, 9.17) is 4.74 Å².